The summed E-state index contributed by atoms with van der Waals surface area (Å²) in [5, 5.41) is 20.7. The molecule has 0 saturated carbocycles. The number of benzene rings is 2. The number of esters is 2. The SMILES string of the molecule is CO[C@@H]1/C=C/C=C(\C)Cc2cc(C)c(Cl)c(c2)N(C)C(=O)C[C@H](OC(=O)[C@H](C)N(C)C(=O)c2cc(F)c(CC(=O)[C@H](CCCNC(N)=O)NC(=O)[C@@H](CC(=O)CCCCC(C)OC(=O)C(CBr)CBr)C(C)C)cc2F)[C@]2(C)O[C@H]2[C@H](C)[C@@H]2C[C@@]1(O)NC(=O)O2. The molecule has 6 N–H and O–H groups in total. The van der Waals surface area contributed by atoms with Crippen LogP contribution in [0.25, 0.3) is 0 Å². The number of carbonyl (C=O) groups is 9. The van der Waals surface area contributed by atoms with Crippen molar-refractivity contribution in [1.82, 2.24) is 20.9 Å². The van der Waals surface area contributed by atoms with Crippen LogP contribution in [0, 0.1) is 42.2 Å². The third-order valence-electron chi connectivity index (χ3n) is 16.8. The highest BCUT2D eigenvalue weighted by atomic mass is 79.9. The number of nitrogens with one attached hydrogen (secondary N) is 3. The van der Waals surface area contributed by atoms with Crippen molar-refractivity contribution in [3.8, 4) is 0 Å². The van der Waals surface area contributed by atoms with Crippen molar-refractivity contribution >= 4 is 102 Å². The molecule has 21 nitrogen and oxygen atoms in total. The molecule has 26 heteroatoms. The number of alkyl halides is 2. The van der Waals surface area contributed by atoms with Gasteiger partial charge in [-0.15, -0.1) is 0 Å². The second-order valence-electron chi connectivity index (χ2n) is 24.1. The predicted molar refractivity (Wildman–Crippen MR) is 335 cm³/mol. The van der Waals surface area contributed by atoms with E-state index in [2.05, 4.69) is 47.8 Å². The molecule has 2 aromatic carbocycles. The molecule has 492 valence electrons. The first-order chi connectivity index (χ1) is 41.8. The molecule has 5 rings (SSSR count). The molecule has 4 bridgehead atoms. The van der Waals surface area contributed by atoms with Crippen molar-refractivity contribution in [2.75, 3.05) is 43.3 Å². The summed E-state index contributed by atoms with van der Waals surface area (Å²) >= 11 is 13.4. The maximum absolute atomic E-state index is 16.2. The van der Waals surface area contributed by atoms with Gasteiger partial charge in [0, 0.05) is 75.9 Å². The van der Waals surface area contributed by atoms with E-state index in [1.807, 2.05) is 19.1 Å². The van der Waals surface area contributed by atoms with Crippen molar-refractivity contribution < 1.29 is 80.7 Å². The number of epoxide rings is 1. The molecule has 3 heterocycles. The van der Waals surface area contributed by atoms with Gasteiger partial charge in [-0.25, -0.2) is 23.2 Å². The third kappa shape index (κ3) is 19.8. The number of nitrogens with two attached hydrogens (primary N) is 1. The van der Waals surface area contributed by atoms with Crippen LogP contribution in [0.4, 0.5) is 24.1 Å². The van der Waals surface area contributed by atoms with Gasteiger partial charge in [0.25, 0.3) is 5.91 Å². The number of aryl methyl sites for hydroxylation is 1. The average molecular weight is 1400 g/mol. The van der Waals surface area contributed by atoms with Crippen LogP contribution in [0.1, 0.15) is 133 Å². The molecule has 3 aliphatic rings. The van der Waals surface area contributed by atoms with Crippen LogP contribution in [-0.4, -0.2) is 156 Å². The number of methoxy groups -OCH3 is 1. The largest absolute Gasteiger partial charge is 0.462 e. The molecule has 1 unspecified atom stereocenters. The lowest BCUT2D eigenvalue weighted by molar-refractivity contribution is -0.158. The molecule has 2 saturated heterocycles. The number of unbranched alkanes of at least 4 members (excludes halogenated alkanes) is 1. The highest BCUT2D eigenvalue weighted by molar-refractivity contribution is 9.09. The number of anilines is 1. The average Bonchev–Trinajstić information content (AvgIpc) is 1.60. The van der Waals surface area contributed by atoms with Gasteiger partial charge in [0.1, 0.15) is 47.4 Å². The number of primary amides is 1. The van der Waals surface area contributed by atoms with Crippen LogP contribution in [0.15, 0.2) is 48.1 Å². The Morgan fingerprint density at radius 3 is 2.31 bits per heavy atom. The number of rotatable bonds is 26. The molecule has 0 spiro atoms. The minimum absolute atomic E-state index is 0.00816. The summed E-state index contributed by atoms with van der Waals surface area (Å²) in [5.41, 5.74) is 3.31. The fourth-order valence-corrected chi connectivity index (χ4v) is 12.8. The molecular weight excluding hydrogens is 1310 g/mol. The summed E-state index contributed by atoms with van der Waals surface area (Å²) in [6, 6.07) is 1.26. The molecule has 89 heavy (non-hydrogen) atoms. The van der Waals surface area contributed by atoms with E-state index in [0.717, 1.165) is 23.1 Å². The molecule has 2 fully saturated rings. The summed E-state index contributed by atoms with van der Waals surface area (Å²) in [6.45, 7) is 13.5. The number of fused-ring (bicyclic) bond motifs is 5. The Balaban J connectivity index is 1.33. The highest BCUT2D eigenvalue weighted by Crippen LogP contribution is 2.49. The smallest absolute Gasteiger partial charge is 0.409 e. The quantitative estimate of drug-likeness (QED) is 0.0194. The number of ketones is 2. The minimum Gasteiger partial charge on any atom is -0.462 e. The number of Topliss-reactive ketones (excluding diaryl/α,β-unsaturated/α-hetero) is 2. The Kier molecular flexibility index (Phi) is 27.3. The van der Waals surface area contributed by atoms with E-state index >= 15 is 8.78 Å². The van der Waals surface area contributed by atoms with Gasteiger partial charge in [-0.2, -0.15) is 0 Å². The van der Waals surface area contributed by atoms with E-state index < -0.39 is 137 Å². The second-order valence-corrected chi connectivity index (χ2v) is 25.8. The maximum Gasteiger partial charge on any atom is 0.409 e. The van der Waals surface area contributed by atoms with Gasteiger partial charge in [-0.3, -0.25) is 34.1 Å². The zero-order valence-electron chi connectivity index (χ0n) is 52.3. The highest BCUT2D eigenvalue weighted by Gasteiger charge is 2.64. The van der Waals surface area contributed by atoms with Crippen LogP contribution in [0.5, 0.6) is 0 Å². The van der Waals surface area contributed by atoms with E-state index in [1.54, 1.807) is 59.8 Å². The van der Waals surface area contributed by atoms with Crippen molar-refractivity contribution in [3.63, 3.8) is 0 Å². The third-order valence-corrected chi connectivity index (χ3v) is 18.8. The number of hydrogen-bond acceptors (Lipinski definition) is 15. The van der Waals surface area contributed by atoms with Crippen molar-refractivity contribution in [2.24, 2.45) is 29.4 Å². The normalized spacial score (nSPS) is 24.3. The molecule has 0 aliphatic carbocycles. The first kappa shape index (κ1) is 73.9. The lowest BCUT2D eigenvalue weighted by Gasteiger charge is -2.42. The van der Waals surface area contributed by atoms with Crippen LogP contribution >= 0.6 is 43.5 Å². The number of allylic oxidation sites excluding steroid dienone is 3. The summed E-state index contributed by atoms with van der Waals surface area (Å²) in [5.74, 6) is -9.39. The maximum atomic E-state index is 16.2. The van der Waals surface area contributed by atoms with E-state index in [9.17, 15) is 48.3 Å². The first-order valence-corrected chi connectivity index (χ1v) is 32.4. The fourth-order valence-electron chi connectivity index (χ4n) is 11.0. The Hall–Kier alpha value is -5.86. The lowest BCUT2D eigenvalue weighted by atomic mass is 9.83. The van der Waals surface area contributed by atoms with Crippen LogP contribution in [-0.2, 0) is 65.3 Å². The standard InChI is InChI=1S/C63H85Br2ClF2N6O15/c1-33(2)43(27-42(75)18-13-12-17-36(5)86-59(81)41(31-64)32-65)56(78)71-47(19-15-21-70-60(69)82)49(76)26-40-25-46(68)44(28-45(40)67)57(79)73(9)38(7)58(80)88-52-29-53(77)74(10)48-24-39(23-35(4)54(48)66)22-34(3)16-14-20-51(85-11)63(84)30-50(87-61(83)72-63)37(6)55-62(52,8)89-55/h14,16,20,23-25,28,33,36-38,41,43,47,50-52,55,84H,12-13,15,17-19,21-22,26-27,29-32H2,1-11H3,(H,71,78)(H,72,83)(H3,69,70,82)/b20-14+,34-16+/t36?,37-,38+,43+,47+,50+,51-,52+,55+,62+,63+/m1/s1. The number of hydrogen-bond donors (Lipinski definition) is 5. The van der Waals surface area contributed by atoms with Crippen LogP contribution < -0.4 is 26.6 Å². The summed E-state index contributed by atoms with van der Waals surface area (Å²) in [4.78, 5) is 123. The molecule has 11 atom stereocenters. The van der Waals surface area contributed by atoms with Crippen LogP contribution in [0.3, 0.4) is 0 Å². The number of alkyl carbamates (subject to hydrolysis) is 1. The molecular formula is C63H85Br2ClF2N6O15. The number of amides is 6. The Bertz CT molecular complexity index is 3010. The van der Waals surface area contributed by atoms with Crippen LogP contribution in [0.2, 0.25) is 5.02 Å². The number of urea groups is 1. The van der Waals surface area contributed by atoms with Gasteiger partial charge < -0.3 is 55.0 Å². The summed E-state index contributed by atoms with van der Waals surface area (Å²) in [6.07, 6.45) is 0.205. The molecule has 3 aliphatic heterocycles. The number of ether oxygens (including phenoxy) is 5. The Labute approximate surface area is 540 Å². The number of carbonyl (C=O) groups excluding carboxylic acids is 9. The van der Waals surface area contributed by atoms with Crippen molar-refractivity contribution in [1.29, 1.82) is 0 Å². The number of halogens is 5. The van der Waals surface area contributed by atoms with Gasteiger partial charge in [0.05, 0.1) is 46.9 Å². The van der Waals surface area contributed by atoms with Gasteiger partial charge in [-0.1, -0.05) is 94.1 Å². The molecule has 2 aromatic rings. The predicted octanol–water partition coefficient (Wildman–Crippen LogP) is 8.58. The topological polar surface area (TPSA) is 292 Å². The zero-order valence-corrected chi connectivity index (χ0v) is 56.2. The number of likely N-dealkylation sites (N-methyl/N-ethyl adjacent to an activating group) is 1. The van der Waals surface area contributed by atoms with Crippen molar-refractivity contribution in [2.45, 2.75) is 180 Å². The summed E-state index contributed by atoms with van der Waals surface area (Å²) < 4.78 is 61.7. The first-order valence-electron chi connectivity index (χ1n) is 29.8. The van der Waals surface area contributed by atoms with E-state index in [0.29, 0.717) is 64.7 Å². The van der Waals surface area contributed by atoms with Gasteiger partial charge in [0.15, 0.2) is 11.5 Å². The van der Waals surface area contributed by atoms with Crippen molar-refractivity contribution in [3.05, 3.63) is 87.0 Å². The Morgan fingerprint density at radius 2 is 1.67 bits per heavy atom. The van der Waals surface area contributed by atoms with E-state index in [1.165, 1.54) is 26.0 Å². The zero-order chi connectivity index (χ0) is 66.4. The molecule has 0 radical (unpaired) electrons. The number of aliphatic hydroxyl groups is 1. The molecule has 6 amide bonds. The molecule has 0 aromatic heterocycles. The lowest BCUT2D eigenvalue weighted by Crippen LogP contribution is -2.63. The monoisotopic (exact) mass is 1400 g/mol. The summed E-state index contributed by atoms with van der Waals surface area (Å²) in [7, 11) is 4.05. The minimum atomic E-state index is -1.94. The number of nitrogens with zero attached hydrogens (tertiary/aromatic N) is 2. The Morgan fingerprint density at radius 1 is 0.989 bits per heavy atom. The van der Waals surface area contributed by atoms with E-state index in [4.69, 9.17) is 41.0 Å². The fraction of sp³-hybridized carbons (Fsp3) is 0.603. The second kappa shape index (κ2) is 32.9. The van der Waals surface area contributed by atoms with Gasteiger partial charge in [-0.05, 0) is 114 Å². The van der Waals surface area contributed by atoms with Gasteiger partial charge >= 0.3 is 24.1 Å². The van der Waals surface area contributed by atoms with Gasteiger partial charge in [0.2, 0.25) is 11.8 Å². The van der Waals surface area contributed by atoms with E-state index in [-0.39, 0.29) is 68.3 Å².